The number of rotatable bonds is 3. The highest BCUT2D eigenvalue weighted by atomic mass is 35.5. The SMILES string of the molecule is COCC(Cl)CC#N. The van der Waals surface area contributed by atoms with Gasteiger partial charge >= 0.3 is 0 Å². The van der Waals surface area contributed by atoms with Crippen LogP contribution in [0.25, 0.3) is 0 Å². The van der Waals surface area contributed by atoms with Crippen LogP contribution >= 0.6 is 11.6 Å². The molecule has 0 aliphatic rings. The van der Waals surface area contributed by atoms with Crippen molar-refractivity contribution in [1.29, 1.82) is 5.26 Å². The average molecular weight is 134 g/mol. The Morgan fingerprint density at radius 2 is 2.50 bits per heavy atom. The Hall–Kier alpha value is -0.260. The van der Waals surface area contributed by atoms with E-state index in [9.17, 15) is 0 Å². The molecule has 0 aliphatic carbocycles. The Kier molecular flexibility index (Phi) is 4.73. The smallest absolute Gasteiger partial charge is 0.0699 e. The molecule has 46 valence electrons. The monoisotopic (exact) mass is 133 g/mol. The van der Waals surface area contributed by atoms with Crippen molar-refractivity contribution in [2.45, 2.75) is 11.8 Å². The minimum atomic E-state index is -0.148. The molecule has 3 heteroatoms. The van der Waals surface area contributed by atoms with Crippen LogP contribution in [-0.4, -0.2) is 19.1 Å². The van der Waals surface area contributed by atoms with Crippen molar-refractivity contribution in [1.82, 2.24) is 0 Å². The Bertz CT molecular complexity index is 88.9. The van der Waals surface area contributed by atoms with Crippen molar-refractivity contribution in [2.75, 3.05) is 13.7 Å². The molecular weight excluding hydrogens is 126 g/mol. The second-order valence-corrected chi connectivity index (χ2v) is 2.03. The summed E-state index contributed by atoms with van der Waals surface area (Å²) in [5.74, 6) is 0. The highest BCUT2D eigenvalue weighted by Crippen LogP contribution is 1.99. The molecule has 0 heterocycles. The topological polar surface area (TPSA) is 33.0 Å². The third kappa shape index (κ3) is 3.91. The number of alkyl halides is 1. The quantitative estimate of drug-likeness (QED) is 0.542. The summed E-state index contributed by atoms with van der Waals surface area (Å²) in [6.07, 6.45) is 0.357. The van der Waals surface area contributed by atoms with Crippen molar-refractivity contribution in [2.24, 2.45) is 0 Å². The summed E-state index contributed by atoms with van der Waals surface area (Å²) >= 11 is 5.53. The number of methoxy groups -OCH3 is 1. The van der Waals surface area contributed by atoms with Crippen LogP contribution in [0.3, 0.4) is 0 Å². The first-order valence-corrected chi connectivity index (χ1v) is 2.75. The number of ether oxygens (including phenoxy) is 1. The van der Waals surface area contributed by atoms with Gasteiger partial charge in [0.15, 0.2) is 0 Å². The number of hydrogen-bond acceptors (Lipinski definition) is 2. The summed E-state index contributed by atoms with van der Waals surface area (Å²) in [5.41, 5.74) is 0. The summed E-state index contributed by atoms with van der Waals surface area (Å²) in [6, 6.07) is 1.94. The molecule has 0 bridgehead atoms. The molecule has 0 aromatic heterocycles. The van der Waals surface area contributed by atoms with Crippen LogP contribution in [0, 0.1) is 11.3 Å². The van der Waals surface area contributed by atoms with Gasteiger partial charge in [-0.05, 0) is 0 Å². The molecule has 0 amide bonds. The summed E-state index contributed by atoms with van der Waals surface area (Å²) < 4.78 is 4.67. The van der Waals surface area contributed by atoms with Crippen molar-refractivity contribution in [3.05, 3.63) is 0 Å². The molecule has 0 radical (unpaired) electrons. The molecule has 1 atom stereocenters. The molecule has 0 N–H and O–H groups in total. The van der Waals surface area contributed by atoms with Crippen LogP contribution in [0.2, 0.25) is 0 Å². The van der Waals surface area contributed by atoms with Crippen molar-refractivity contribution < 1.29 is 4.74 Å². The Morgan fingerprint density at radius 1 is 1.88 bits per heavy atom. The molecule has 1 unspecified atom stereocenters. The van der Waals surface area contributed by atoms with Crippen molar-refractivity contribution >= 4 is 11.6 Å². The minimum absolute atomic E-state index is 0.148. The number of nitrogens with zero attached hydrogens (tertiary/aromatic N) is 1. The van der Waals surface area contributed by atoms with Gasteiger partial charge in [-0.15, -0.1) is 11.6 Å². The van der Waals surface area contributed by atoms with E-state index in [1.807, 2.05) is 6.07 Å². The summed E-state index contributed by atoms with van der Waals surface area (Å²) in [6.45, 7) is 0.453. The molecule has 0 fully saturated rings. The first-order chi connectivity index (χ1) is 3.81. The van der Waals surface area contributed by atoms with Gasteiger partial charge in [-0.3, -0.25) is 0 Å². The van der Waals surface area contributed by atoms with E-state index in [1.54, 1.807) is 7.11 Å². The molecule has 0 aromatic rings. The second kappa shape index (κ2) is 4.89. The van der Waals surface area contributed by atoms with Gasteiger partial charge in [-0.2, -0.15) is 5.26 Å². The lowest BCUT2D eigenvalue weighted by molar-refractivity contribution is 0.198. The van der Waals surface area contributed by atoms with Crippen molar-refractivity contribution in [3.63, 3.8) is 0 Å². The van der Waals surface area contributed by atoms with E-state index in [4.69, 9.17) is 16.9 Å². The fourth-order valence-corrected chi connectivity index (χ4v) is 0.534. The zero-order valence-corrected chi connectivity index (χ0v) is 5.48. The van der Waals surface area contributed by atoms with Crippen LogP contribution < -0.4 is 0 Å². The molecule has 0 rings (SSSR count). The van der Waals surface area contributed by atoms with Crippen molar-refractivity contribution in [3.8, 4) is 6.07 Å². The molecule has 0 saturated heterocycles. The van der Waals surface area contributed by atoms with E-state index in [-0.39, 0.29) is 5.38 Å². The largest absolute Gasteiger partial charge is 0.383 e. The molecule has 0 spiro atoms. The summed E-state index contributed by atoms with van der Waals surface area (Å²) in [7, 11) is 1.56. The first kappa shape index (κ1) is 7.74. The van der Waals surface area contributed by atoms with Gasteiger partial charge in [0.05, 0.1) is 24.5 Å². The third-order valence-electron chi connectivity index (χ3n) is 0.660. The lowest BCUT2D eigenvalue weighted by Crippen LogP contribution is -2.05. The van der Waals surface area contributed by atoms with E-state index >= 15 is 0 Å². The number of nitriles is 1. The Labute approximate surface area is 54.0 Å². The predicted molar refractivity (Wildman–Crippen MR) is 31.7 cm³/mol. The van der Waals surface area contributed by atoms with Crippen LogP contribution in [0.1, 0.15) is 6.42 Å². The average Bonchev–Trinajstić information content (AvgIpc) is 1.68. The zero-order chi connectivity index (χ0) is 6.41. The Balaban J connectivity index is 3.08. The maximum absolute atomic E-state index is 8.07. The zero-order valence-electron chi connectivity index (χ0n) is 4.72. The number of hydrogen-bond donors (Lipinski definition) is 0. The lowest BCUT2D eigenvalue weighted by atomic mass is 10.3. The second-order valence-electron chi connectivity index (χ2n) is 1.41. The first-order valence-electron chi connectivity index (χ1n) is 2.31. The number of halogens is 1. The minimum Gasteiger partial charge on any atom is -0.383 e. The van der Waals surface area contributed by atoms with E-state index in [0.717, 1.165) is 0 Å². The standard InChI is InChI=1S/C5H8ClNO/c1-8-4-5(6)2-3-7/h5H,2,4H2,1H3. The van der Waals surface area contributed by atoms with E-state index < -0.39 is 0 Å². The fourth-order valence-electron chi connectivity index (χ4n) is 0.339. The maximum atomic E-state index is 8.07. The maximum Gasteiger partial charge on any atom is 0.0699 e. The van der Waals surface area contributed by atoms with E-state index in [0.29, 0.717) is 13.0 Å². The van der Waals surface area contributed by atoms with Gasteiger partial charge < -0.3 is 4.74 Å². The van der Waals surface area contributed by atoms with Gasteiger partial charge in [0.2, 0.25) is 0 Å². The van der Waals surface area contributed by atoms with Gasteiger partial charge in [0.25, 0.3) is 0 Å². The fraction of sp³-hybridized carbons (Fsp3) is 0.800. The van der Waals surface area contributed by atoms with Crippen LogP contribution in [-0.2, 0) is 4.74 Å². The lowest BCUT2D eigenvalue weighted by Gasteiger charge is -1.99. The molecular formula is C5H8ClNO. The highest BCUT2D eigenvalue weighted by molar-refractivity contribution is 6.20. The van der Waals surface area contributed by atoms with Gasteiger partial charge in [-0.25, -0.2) is 0 Å². The van der Waals surface area contributed by atoms with Gasteiger partial charge in [-0.1, -0.05) is 0 Å². The Morgan fingerprint density at radius 3 is 2.88 bits per heavy atom. The molecule has 8 heavy (non-hydrogen) atoms. The molecule has 0 aliphatic heterocycles. The summed E-state index contributed by atoms with van der Waals surface area (Å²) in [4.78, 5) is 0. The molecule has 2 nitrogen and oxygen atoms in total. The van der Waals surface area contributed by atoms with E-state index in [2.05, 4.69) is 4.74 Å². The summed E-state index contributed by atoms with van der Waals surface area (Å²) in [5, 5.41) is 7.93. The van der Waals surface area contributed by atoms with Crippen LogP contribution in [0.5, 0.6) is 0 Å². The van der Waals surface area contributed by atoms with Gasteiger partial charge in [0.1, 0.15) is 0 Å². The predicted octanol–water partition coefficient (Wildman–Crippen LogP) is 1.15. The highest BCUT2D eigenvalue weighted by Gasteiger charge is 1.99. The molecule has 0 aromatic carbocycles. The van der Waals surface area contributed by atoms with Crippen LogP contribution in [0.15, 0.2) is 0 Å². The van der Waals surface area contributed by atoms with Crippen LogP contribution in [0.4, 0.5) is 0 Å². The van der Waals surface area contributed by atoms with E-state index in [1.165, 1.54) is 0 Å². The van der Waals surface area contributed by atoms with Gasteiger partial charge in [0, 0.05) is 7.11 Å². The molecule has 0 saturated carbocycles. The normalized spacial score (nSPS) is 12.6. The third-order valence-corrected chi connectivity index (χ3v) is 0.941.